The third kappa shape index (κ3) is 7.70. The third-order valence-corrected chi connectivity index (χ3v) is 3.31. The van der Waals surface area contributed by atoms with Crippen molar-refractivity contribution < 1.29 is 28.8 Å². The molecule has 0 fully saturated rings. The lowest BCUT2D eigenvalue weighted by Gasteiger charge is -2.13. The minimum atomic E-state index is -1.25. The van der Waals surface area contributed by atoms with Gasteiger partial charge in [-0.2, -0.15) is 4.98 Å². The maximum absolute atomic E-state index is 11.8. The number of ketones is 1. The van der Waals surface area contributed by atoms with Gasteiger partial charge < -0.3 is 36.5 Å². The summed E-state index contributed by atoms with van der Waals surface area (Å²) >= 11 is 0. The first-order valence-electron chi connectivity index (χ1n) is 7.82. The topological polar surface area (TPSA) is 204 Å². The summed E-state index contributed by atoms with van der Waals surface area (Å²) in [6.07, 6.45) is 0.339. The number of hydrogen-bond donors (Lipinski definition) is 5. The molecule has 1 aromatic heterocycles. The number of nitrogens with one attached hydrogen (secondary N) is 2. The largest absolute Gasteiger partial charge is 0.480 e. The molecule has 12 nitrogen and oxygen atoms in total. The fourth-order valence-corrected chi connectivity index (χ4v) is 1.89. The van der Waals surface area contributed by atoms with Gasteiger partial charge in [-0.25, -0.2) is 9.59 Å². The summed E-state index contributed by atoms with van der Waals surface area (Å²) in [5.41, 5.74) is 10.8. The van der Waals surface area contributed by atoms with E-state index in [9.17, 15) is 19.2 Å². The van der Waals surface area contributed by atoms with Crippen molar-refractivity contribution in [2.45, 2.75) is 51.2 Å². The van der Waals surface area contributed by atoms with Crippen molar-refractivity contribution >= 4 is 23.7 Å². The molecule has 2 atom stereocenters. The van der Waals surface area contributed by atoms with Crippen molar-refractivity contribution in [3.05, 3.63) is 11.7 Å². The van der Waals surface area contributed by atoms with E-state index in [0.717, 1.165) is 0 Å². The second-order valence-electron chi connectivity index (χ2n) is 5.62. The van der Waals surface area contributed by atoms with Crippen molar-refractivity contribution in [3.8, 4) is 0 Å². The van der Waals surface area contributed by atoms with E-state index in [2.05, 4.69) is 20.8 Å². The SMILES string of the molecule is CC(=O)CC[C@H](NC(=O)NCc1nc([C@@H](N)CCC(N)=O)no1)C(=O)O. The molecular formula is C14H22N6O6. The molecule has 0 saturated carbocycles. The molecule has 0 spiro atoms. The lowest BCUT2D eigenvalue weighted by Crippen LogP contribution is -2.46. The molecule has 3 amide bonds. The van der Waals surface area contributed by atoms with E-state index < -0.39 is 30.0 Å². The van der Waals surface area contributed by atoms with Crippen LogP contribution in [-0.2, 0) is 20.9 Å². The highest BCUT2D eigenvalue weighted by Crippen LogP contribution is 2.12. The average molecular weight is 370 g/mol. The lowest BCUT2D eigenvalue weighted by atomic mass is 10.1. The molecule has 144 valence electrons. The number of carboxylic acid groups (broad SMARTS) is 1. The second kappa shape index (κ2) is 10.1. The number of rotatable bonds is 11. The van der Waals surface area contributed by atoms with E-state index in [1.54, 1.807) is 0 Å². The molecule has 0 aromatic carbocycles. The zero-order valence-electron chi connectivity index (χ0n) is 14.2. The van der Waals surface area contributed by atoms with Crippen molar-refractivity contribution in [3.63, 3.8) is 0 Å². The number of carbonyl (C=O) groups excluding carboxylic acids is 3. The van der Waals surface area contributed by atoms with Gasteiger partial charge >= 0.3 is 12.0 Å². The van der Waals surface area contributed by atoms with E-state index in [1.165, 1.54) is 6.92 Å². The van der Waals surface area contributed by atoms with Crippen molar-refractivity contribution in [1.29, 1.82) is 0 Å². The van der Waals surface area contributed by atoms with Crippen LogP contribution in [0.1, 0.15) is 50.4 Å². The molecule has 26 heavy (non-hydrogen) atoms. The predicted octanol–water partition coefficient (Wildman–Crippen LogP) is -1.04. The monoisotopic (exact) mass is 370 g/mol. The summed E-state index contributed by atoms with van der Waals surface area (Å²) < 4.78 is 4.91. The summed E-state index contributed by atoms with van der Waals surface area (Å²) in [6, 6.07) is -2.60. The summed E-state index contributed by atoms with van der Waals surface area (Å²) in [4.78, 5) is 48.4. The molecule has 0 radical (unpaired) electrons. The van der Waals surface area contributed by atoms with Gasteiger partial charge in [0.1, 0.15) is 11.8 Å². The van der Waals surface area contributed by atoms with Crippen LogP contribution in [0.4, 0.5) is 4.79 Å². The minimum absolute atomic E-state index is 0.0164. The number of hydrogen-bond acceptors (Lipinski definition) is 8. The van der Waals surface area contributed by atoms with E-state index in [0.29, 0.717) is 0 Å². The van der Waals surface area contributed by atoms with Gasteiger partial charge in [-0.15, -0.1) is 0 Å². The number of nitrogens with zero attached hydrogens (tertiary/aromatic N) is 2. The molecule has 1 heterocycles. The van der Waals surface area contributed by atoms with E-state index in [-0.39, 0.29) is 49.7 Å². The van der Waals surface area contributed by atoms with Crippen molar-refractivity contribution in [2.24, 2.45) is 11.5 Å². The van der Waals surface area contributed by atoms with Crippen molar-refractivity contribution in [1.82, 2.24) is 20.8 Å². The molecular weight excluding hydrogens is 348 g/mol. The number of carbonyl (C=O) groups is 4. The number of primary amides is 1. The molecule has 0 aliphatic carbocycles. The summed E-state index contributed by atoms with van der Waals surface area (Å²) in [5.74, 6) is -1.71. The Morgan fingerprint density at radius 1 is 1.23 bits per heavy atom. The standard InChI is InChI=1S/C14H22N6O6/c1-7(21)2-4-9(13(23)24)18-14(25)17-6-11-19-12(20-26-11)8(15)3-5-10(16)22/h8-9H,2-6,15H2,1H3,(H2,16,22)(H,23,24)(H2,17,18,25)/t8-,9-/m0/s1. The maximum Gasteiger partial charge on any atom is 0.326 e. The van der Waals surface area contributed by atoms with Crippen LogP contribution in [-0.4, -0.2) is 45.0 Å². The molecule has 1 aromatic rings. The number of carboxylic acids is 1. The Morgan fingerprint density at radius 3 is 2.50 bits per heavy atom. The van der Waals surface area contributed by atoms with Crippen LogP contribution in [0.15, 0.2) is 4.52 Å². The Balaban J connectivity index is 2.47. The van der Waals surface area contributed by atoms with Gasteiger partial charge in [-0.3, -0.25) is 4.79 Å². The number of aromatic nitrogens is 2. The smallest absolute Gasteiger partial charge is 0.326 e. The zero-order valence-corrected chi connectivity index (χ0v) is 14.2. The van der Waals surface area contributed by atoms with Gasteiger partial charge in [0.15, 0.2) is 5.82 Å². The fraction of sp³-hybridized carbons (Fsp3) is 0.571. The molecule has 0 unspecified atom stereocenters. The zero-order chi connectivity index (χ0) is 19.7. The van der Waals surface area contributed by atoms with E-state index in [1.807, 2.05) is 0 Å². The van der Waals surface area contributed by atoms with Crippen LogP contribution in [0, 0.1) is 0 Å². The highest BCUT2D eigenvalue weighted by atomic mass is 16.5. The number of Topliss-reactive ketones (excluding diaryl/α,β-unsaturated/α-hetero) is 1. The van der Waals surface area contributed by atoms with E-state index in [4.69, 9.17) is 21.1 Å². The predicted molar refractivity (Wildman–Crippen MR) is 86.4 cm³/mol. The van der Waals surface area contributed by atoms with Gasteiger partial charge in [0, 0.05) is 12.8 Å². The number of nitrogens with two attached hydrogens (primary N) is 2. The first-order valence-corrected chi connectivity index (χ1v) is 7.82. The van der Waals surface area contributed by atoms with Crippen LogP contribution in [0.2, 0.25) is 0 Å². The van der Waals surface area contributed by atoms with Gasteiger partial charge in [0.05, 0.1) is 12.6 Å². The Hall–Kier alpha value is -3.02. The van der Waals surface area contributed by atoms with E-state index >= 15 is 0 Å². The first kappa shape index (κ1) is 21.0. The second-order valence-corrected chi connectivity index (χ2v) is 5.62. The molecule has 0 bridgehead atoms. The molecule has 1 rings (SSSR count). The van der Waals surface area contributed by atoms with Crippen LogP contribution >= 0.6 is 0 Å². The quantitative estimate of drug-likeness (QED) is 0.322. The highest BCUT2D eigenvalue weighted by molar-refractivity contribution is 5.83. The van der Waals surface area contributed by atoms with Gasteiger partial charge in [0.2, 0.25) is 11.8 Å². The van der Waals surface area contributed by atoms with Crippen LogP contribution < -0.4 is 22.1 Å². The highest BCUT2D eigenvalue weighted by Gasteiger charge is 2.21. The van der Waals surface area contributed by atoms with Gasteiger partial charge in [0.25, 0.3) is 0 Å². The Morgan fingerprint density at radius 2 is 1.92 bits per heavy atom. The Bertz CT molecular complexity index is 660. The van der Waals surface area contributed by atoms with Crippen LogP contribution in [0.25, 0.3) is 0 Å². The third-order valence-electron chi connectivity index (χ3n) is 3.31. The number of aliphatic carboxylic acids is 1. The molecule has 0 aliphatic heterocycles. The van der Waals surface area contributed by atoms with Crippen LogP contribution in [0.3, 0.4) is 0 Å². The molecule has 0 saturated heterocycles. The van der Waals surface area contributed by atoms with Gasteiger partial charge in [-0.05, 0) is 19.8 Å². The van der Waals surface area contributed by atoms with Crippen molar-refractivity contribution in [2.75, 3.05) is 0 Å². The summed E-state index contributed by atoms with van der Waals surface area (Å²) in [6.45, 7) is 1.18. The number of amides is 3. The summed E-state index contributed by atoms with van der Waals surface area (Å²) in [7, 11) is 0. The molecule has 7 N–H and O–H groups in total. The van der Waals surface area contributed by atoms with Gasteiger partial charge in [-0.1, -0.05) is 5.16 Å². The Kier molecular flexibility index (Phi) is 8.15. The molecule has 12 heteroatoms. The number of urea groups is 1. The molecule has 0 aliphatic rings. The average Bonchev–Trinajstić information content (AvgIpc) is 3.03. The fourth-order valence-electron chi connectivity index (χ4n) is 1.89. The Labute approximate surface area is 148 Å². The first-order chi connectivity index (χ1) is 12.2. The van der Waals surface area contributed by atoms with Crippen LogP contribution in [0.5, 0.6) is 0 Å². The minimum Gasteiger partial charge on any atom is -0.480 e. The lowest BCUT2D eigenvalue weighted by molar-refractivity contribution is -0.139. The normalized spacial score (nSPS) is 12.8. The maximum atomic E-state index is 11.8. The summed E-state index contributed by atoms with van der Waals surface area (Å²) in [5, 5.41) is 17.3.